The number of nitrogens with zero attached hydrogens (tertiary/aromatic N) is 1. The van der Waals surface area contributed by atoms with Gasteiger partial charge in [0.2, 0.25) is 5.91 Å². The van der Waals surface area contributed by atoms with E-state index < -0.39 is 0 Å². The SMILES string of the molecule is COc1ccc(NC(=O)CN2CCNCC2c2ccccc2OC)cc1.Cl. The molecule has 7 heteroatoms. The molecule has 0 saturated carbocycles. The third-order valence-electron chi connectivity index (χ3n) is 4.57. The minimum Gasteiger partial charge on any atom is -0.497 e. The van der Waals surface area contributed by atoms with Crippen LogP contribution in [-0.4, -0.2) is 51.2 Å². The fourth-order valence-corrected chi connectivity index (χ4v) is 3.24. The summed E-state index contributed by atoms with van der Waals surface area (Å²) < 4.78 is 10.6. The first-order valence-electron chi connectivity index (χ1n) is 8.73. The Morgan fingerprint density at radius 2 is 1.89 bits per heavy atom. The second-order valence-corrected chi connectivity index (χ2v) is 6.21. The number of methoxy groups -OCH3 is 2. The molecule has 1 aliphatic heterocycles. The lowest BCUT2D eigenvalue weighted by Gasteiger charge is -2.36. The zero-order valence-electron chi connectivity index (χ0n) is 15.6. The first kappa shape index (κ1) is 21.0. The molecule has 0 spiro atoms. The average Bonchev–Trinajstić information content (AvgIpc) is 2.69. The Kier molecular flexibility index (Phi) is 7.91. The van der Waals surface area contributed by atoms with E-state index in [1.54, 1.807) is 14.2 Å². The van der Waals surface area contributed by atoms with Crippen LogP contribution in [0.3, 0.4) is 0 Å². The number of rotatable bonds is 6. The van der Waals surface area contributed by atoms with Crippen LogP contribution in [0, 0.1) is 0 Å². The van der Waals surface area contributed by atoms with Crippen molar-refractivity contribution in [2.45, 2.75) is 6.04 Å². The maximum Gasteiger partial charge on any atom is 0.238 e. The Morgan fingerprint density at radius 3 is 2.59 bits per heavy atom. The lowest BCUT2D eigenvalue weighted by atomic mass is 10.0. The van der Waals surface area contributed by atoms with Crippen molar-refractivity contribution in [2.24, 2.45) is 0 Å². The molecular weight excluding hydrogens is 366 g/mol. The predicted molar refractivity (Wildman–Crippen MR) is 109 cm³/mol. The molecule has 1 fully saturated rings. The van der Waals surface area contributed by atoms with Crippen LogP contribution in [0.4, 0.5) is 5.69 Å². The van der Waals surface area contributed by atoms with Gasteiger partial charge in [-0.3, -0.25) is 9.69 Å². The van der Waals surface area contributed by atoms with E-state index in [-0.39, 0.29) is 24.4 Å². The Balaban J connectivity index is 0.00000261. The summed E-state index contributed by atoms with van der Waals surface area (Å²) in [5.41, 5.74) is 1.86. The Bertz CT molecular complexity index is 740. The second-order valence-electron chi connectivity index (χ2n) is 6.21. The molecule has 146 valence electrons. The number of benzene rings is 2. The van der Waals surface area contributed by atoms with Gasteiger partial charge in [0, 0.05) is 30.9 Å². The highest BCUT2D eigenvalue weighted by Gasteiger charge is 2.27. The maximum absolute atomic E-state index is 12.5. The number of ether oxygens (including phenoxy) is 2. The Labute approximate surface area is 166 Å². The minimum absolute atomic E-state index is 0. The number of carbonyl (C=O) groups is 1. The number of hydrogen-bond acceptors (Lipinski definition) is 5. The van der Waals surface area contributed by atoms with Crippen LogP contribution in [-0.2, 0) is 4.79 Å². The molecule has 2 aromatic carbocycles. The first-order valence-corrected chi connectivity index (χ1v) is 8.73. The summed E-state index contributed by atoms with van der Waals surface area (Å²) in [5, 5.41) is 6.36. The number of anilines is 1. The fourth-order valence-electron chi connectivity index (χ4n) is 3.24. The van der Waals surface area contributed by atoms with Gasteiger partial charge in [0.15, 0.2) is 0 Å². The molecule has 1 heterocycles. The molecule has 2 aromatic rings. The molecule has 0 aromatic heterocycles. The van der Waals surface area contributed by atoms with E-state index in [4.69, 9.17) is 9.47 Å². The van der Waals surface area contributed by atoms with Gasteiger partial charge in [-0.05, 0) is 30.3 Å². The number of amides is 1. The normalized spacial score (nSPS) is 16.9. The van der Waals surface area contributed by atoms with Crippen molar-refractivity contribution in [3.8, 4) is 11.5 Å². The second kappa shape index (κ2) is 10.2. The number of nitrogens with one attached hydrogen (secondary N) is 2. The van der Waals surface area contributed by atoms with Gasteiger partial charge in [0.25, 0.3) is 0 Å². The zero-order chi connectivity index (χ0) is 18.4. The zero-order valence-corrected chi connectivity index (χ0v) is 16.4. The quantitative estimate of drug-likeness (QED) is 0.792. The molecule has 6 nitrogen and oxygen atoms in total. The van der Waals surface area contributed by atoms with Crippen LogP contribution in [0.1, 0.15) is 11.6 Å². The summed E-state index contributed by atoms with van der Waals surface area (Å²) in [6.45, 7) is 2.78. The number of para-hydroxylation sites is 1. The first-order chi connectivity index (χ1) is 12.7. The molecule has 1 aliphatic rings. The number of piperazine rings is 1. The van der Waals surface area contributed by atoms with Gasteiger partial charge >= 0.3 is 0 Å². The van der Waals surface area contributed by atoms with Crippen molar-refractivity contribution < 1.29 is 14.3 Å². The fraction of sp³-hybridized carbons (Fsp3) is 0.350. The predicted octanol–water partition coefficient (Wildman–Crippen LogP) is 2.71. The summed E-state index contributed by atoms with van der Waals surface area (Å²) in [6.07, 6.45) is 0. The summed E-state index contributed by atoms with van der Waals surface area (Å²) in [4.78, 5) is 14.7. The van der Waals surface area contributed by atoms with E-state index >= 15 is 0 Å². The Morgan fingerprint density at radius 1 is 1.15 bits per heavy atom. The summed E-state index contributed by atoms with van der Waals surface area (Å²) in [7, 11) is 3.30. The van der Waals surface area contributed by atoms with Gasteiger partial charge in [-0.1, -0.05) is 18.2 Å². The summed E-state index contributed by atoms with van der Waals surface area (Å²) in [6, 6.07) is 15.4. The molecule has 0 bridgehead atoms. The molecule has 1 amide bonds. The van der Waals surface area contributed by atoms with E-state index in [9.17, 15) is 4.79 Å². The van der Waals surface area contributed by atoms with Crippen molar-refractivity contribution in [1.82, 2.24) is 10.2 Å². The van der Waals surface area contributed by atoms with Crippen molar-refractivity contribution in [3.63, 3.8) is 0 Å². The highest BCUT2D eigenvalue weighted by Crippen LogP contribution is 2.30. The van der Waals surface area contributed by atoms with Gasteiger partial charge in [-0.15, -0.1) is 12.4 Å². The van der Waals surface area contributed by atoms with Crippen LogP contribution >= 0.6 is 12.4 Å². The van der Waals surface area contributed by atoms with Crippen LogP contribution in [0.2, 0.25) is 0 Å². The van der Waals surface area contributed by atoms with E-state index in [0.717, 1.165) is 42.4 Å². The molecule has 1 unspecified atom stereocenters. The van der Waals surface area contributed by atoms with E-state index in [0.29, 0.717) is 6.54 Å². The van der Waals surface area contributed by atoms with Gasteiger partial charge in [-0.25, -0.2) is 0 Å². The van der Waals surface area contributed by atoms with E-state index in [2.05, 4.69) is 21.6 Å². The third-order valence-corrected chi connectivity index (χ3v) is 4.57. The lowest BCUT2D eigenvalue weighted by molar-refractivity contribution is -0.118. The van der Waals surface area contributed by atoms with Gasteiger partial charge < -0.3 is 20.1 Å². The van der Waals surface area contributed by atoms with Crippen LogP contribution < -0.4 is 20.1 Å². The molecule has 1 saturated heterocycles. The van der Waals surface area contributed by atoms with E-state index in [1.807, 2.05) is 42.5 Å². The van der Waals surface area contributed by atoms with Crippen LogP contribution in [0.5, 0.6) is 11.5 Å². The third kappa shape index (κ3) is 5.35. The standard InChI is InChI=1S/C20H25N3O3.ClH/c1-25-16-9-7-15(8-10-16)22-20(24)14-23-12-11-21-13-18(23)17-5-3-4-6-19(17)26-2;/h3-10,18,21H,11-14H2,1-2H3,(H,22,24);1H. The van der Waals surface area contributed by atoms with Crippen molar-refractivity contribution in [2.75, 3.05) is 45.7 Å². The number of halogens is 1. The lowest BCUT2D eigenvalue weighted by Crippen LogP contribution is -2.48. The highest BCUT2D eigenvalue weighted by atomic mass is 35.5. The average molecular weight is 392 g/mol. The molecule has 0 radical (unpaired) electrons. The molecular formula is C20H26ClN3O3. The number of carbonyl (C=O) groups excluding carboxylic acids is 1. The summed E-state index contributed by atoms with van der Waals surface area (Å²) >= 11 is 0. The van der Waals surface area contributed by atoms with Gasteiger partial charge in [-0.2, -0.15) is 0 Å². The largest absolute Gasteiger partial charge is 0.497 e. The van der Waals surface area contributed by atoms with Crippen LogP contribution in [0.15, 0.2) is 48.5 Å². The molecule has 0 aliphatic carbocycles. The summed E-state index contributed by atoms with van der Waals surface area (Å²) in [5.74, 6) is 1.58. The number of hydrogen-bond donors (Lipinski definition) is 2. The highest BCUT2D eigenvalue weighted by molar-refractivity contribution is 5.92. The van der Waals surface area contributed by atoms with Crippen LogP contribution in [0.25, 0.3) is 0 Å². The molecule has 1 atom stereocenters. The van der Waals surface area contributed by atoms with E-state index in [1.165, 1.54) is 0 Å². The maximum atomic E-state index is 12.5. The van der Waals surface area contributed by atoms with Gasteiger partial charge in [0.1, 0.15) is 11.5 Å². The molecule has 3 rings (SSSR count). The topological polar surface area (TPSA) is 62.8 Å². The van der Waals surface area contributed by atoms with Crippen molar-refractivity contribution >= 4 is 24.0 Å². The van der Waals surface area contributed by atoms with Crippen molar-refractivity contribution in [3.05, 3.63) is 54.1 Å². The smallest absolute Gasteiger partial charge is 0.238 e. The molecule has 2 N–H and O–H groups in total. The van der Waals surface area contributed by atoms with Gasteiger partial charge in [0.05, 0.1) is 26.8 Å². The molecule has 27 heavy (non-hydrogen) atoms. The Hall–Kier alpha value is -2.28. The van der Waals surface area contributed by atoms with Crippen molar-refractivity contribution in [1.29, 1.82) is 0 Å². The monoisotopic (exact) mass is 391 g/mol. The minimum atomic E-state index is -0.0306.